The highest BCUT2D eigenvalue weighted by Gasteiger charge is 2.44. The van der Waals surface area contributed by atoms with E-state index in [0.29, 0.717) is 0 Å². The molecule has 2 unspecified atom stereocenters. The Balaban J connectivity index is 3.00. The van der Waals surface area contributed by atoms with Gasteiger partial charge in [0.1, 0.15) is 11.1 Å². The summed E-state index contributed by atoms with van der Waals surface area (Å²) in [6, 6.07) is 0. The number of carbonyl (C=O) groups is 2. The zero-order valence-corrected chi connectivity index (χ0v) is 8.07. The first kappa shape index (κ1) is 10.7. The van der Waals surface area contributed by atoms with E-state index in [9.17, 15) is 9.59 Å². The van der Waals surface area contributed by atoms with Gasteiger partial charge in [0.2, 0.25) is 0 Å². The molecule has 0 aromatic rings. The highest BCUT2D eigenvalue weighted by Crippen LogP contribution is 2.23. The molecule has 0 spiro atoms. The molecule has 0 aromatic heterocycles. The van der Waals surface area contributed by atoms with Crippen LogP contribution >= 0.6 is 0 Å². The van der Waals surface area contributed by atoms with E-state index in [4.69, 9.17) is 10.2 Å². The molecule has 0 saturated heterocycles. The fourth-order valence-electron chi connectivity index (χ4n) is 1.46. The van der Waals surface area contributed by atoms with Gasteiger partial charge in [-0.2, -0.15) is 0 Å². The first-order valence-corrected chi connectivity index (χ1v) is 4.24. The Morgan fingerprint density at radius 1 is 1.29 bits per heavy atom. The van der Waals surface area contributed by atoms with Gasteiger partial charge < -0.3 is 10.2 Å². The molecular formula is C9H13NO4. The first-order valence-electron chi connectivity index (χ1n) is 4.24. The lowest BCUT2D eigenvalue weighted by atomic mass is 9.86. The zero-order chi connectivity index (χ0) is 11.0. The van der Waals surface area contributed by atoms with Crippen molar-refractivity contribution in [2.45, 2.75) is 31.3 Å². The molecule has 0 bridgehead atoms. The number of hydrogen-bond donors (Lipinski definition) is 3. The van der Waals surface area contributed by atoms with Crippen LogP contribution in [-0.2, 0) is 9.59 Å². The van der Waals surface area contributed by atoms with Crippen molar-refractivity contribution < 1.29 is 19.8 Å². The maximum atomic E-state index is 10.9. The van der Waals surface area contributed by atoms with Gasteiger partial charge >= 0.3 is 11.9 Å². The van der Waals surface area contributed by atoms with Crippen molar-refractivity contribution in [1.29, 1.82) is 0 Å². The Bertz CT molecular complexity index is 312. The predicted octanol–water partition coefficient (Wildman–Crippen LogP) is 0.223. The molecule has 78 valence electrons. The molecule has 5 nitrogen and oxygen atoms in total. The van der Waals surface area contributed by atoms with Crippen LogP contribution in [0.15, 0.2) is 12.2 Å². The van der Waals surface area contributed by atoms with E-state index in [1.165, 1.54) is 19.9 Å². The molecular weight excluding hydrogens is 186 g/mol. The molecule has 0 amide bonds. The first-order chi connectivity index (χ1) is 6.30. The summed E-state index contributed by atoms with van der Waals surface area (Å²) in [4.78, 5) is 21.8. The summed E-state index contributed by atoms with van der Waals surface area (Å²) in [5.41, 5.74) is -2.51. The smallest absolute Gasteiger partial charge is 0.327 e. The van der Waals surface area contributed by atoms with Crippen LogP contribution in [0.4, 0.5) is 0 Å². The molecule has 1 heterocycles. The number of hydrogen-bond acceptors (Lipinski definition) is 3. The van der Waals surface area contributed by atoms with Crippen molar-refractivity contribution in [2.75, 3.05) is 0 Å². The van der Waals surface area contributed by atoms with Crippen molar-refractivity contribution in [3.63, 3.8) is 0 Å². The van der Waals surface area contributed by atoms with E-state index in [1.807, 2.05) is 0 Å². The maximum Gasteiger partial charge on any atom is 0.327 e. The minimum absolute atomic E-state index is 0.283. The molecule has 3 N–H and O–H groups in total. The number of carboxylic acid groups (broad SMARTS) is 2. The second-order valence-electron chi connectivity index (χ2n) is 3.88. The predicted molar refractivity (Wildman–Crippen MR) is 49.0 cm³/mol. The van der Waals surface area contributed by atoms with Crippen molar-refractivity contribution >= 4 is 11.9 Å². The summed E-state index contributed by atoms with van der Waals surface area (Å²) < 4.78 is 0. The van der Waals surface area contributed by atoms with Gasteiger partial charge in [0.15, 0.2) is 0 Å². The van der Waals surface area contributed by atoms with Crippen LogP contribution in [0.5, 0.6) is 0 Å². The average molecular weight is 199 g/mol. The van der Waals surface area contributed by atoms with Crippen LogP contribution in [0.1, 0.15) is 20.3 Å². The quantitative estimate of drug-likeness (QED) is 0.554. The monoisotopic (exact) mass is 199 g/mol. The summed E-state index contributed by atoms with van der Waals surface area (Å²) in [5, 5.41) is 20.4. The van der Waals surface area contributed by atoms with Gasteiger partial charge in [0.05, 0.1) is 0 Å². The molecule has 0 aromatic carbocycles. The Hall–Kier alpha value is -1.36. The lowest BCUT2D eigenvalue weighted by molar-refractivity contribution is -0.149. The minimum atomic E-state index is -1.30. The summed E-state index contributed by atoms with van der Waals surface area (Å²) in [7, 11) is 0. The Morgan fingerprint density at radius 2 is 1.86 bits per heavy atom. The summed E-state index contributed by atoms with van der Waals surface area (Å²) in [5.74, 6) is -2.13. The summed E-state index contributed by atoms with van der Waals surface area (Å²) in [6.45, 7) is 2.91. The fourth-order valence-corrected chi connectivity index (χ4v) is 1.46. The molecule has 0 aliphatic carbocycles. The highest BCUT2D eigenvalue weighted by atomic mass is 16.4. The summed E-state index contributed by atoms with van der Waals surface area (Å²) >= 11 is 0. The lowest BCUT2D eigenvalue weighted by Crippen LogP contribution is -2.63. The Kier molecular flexibility index (Phi) is 2.37. The van der Waals surface area contributed by atoms with E-state index in [1.54, 1.807) is 6.08 Å². The van der Waals surface area contributed by atoms with Gasteiger partial charge in [0, 0.05) is 0 Å². The van der Waals surface area contributed by atoms with Crippen LogP contribution in [-0.4, -0.2) is 33.2 Å². The SMILES string of the molecule is CC1(C(=O)O)C=CCC(C)(C(=O)O)N1. The molecule has 2 atom stereocenters. The Labute approximate surface area is 81.4 Å². The standard InChI is InChI=1S/C9H13NO4/c1-8(6(11)12)4-3-5-9(2,10-8)7(13)14/h3-4,10H,5H2,1-2H3,(H,11,12)(H,13,14). The van der Waals surface area contributed by atoms with Gasteiger partial charge in [-0.3, -0.25) is 10.1 Å². The van der Waals surface area contributed by atoms with Crippen molar-refractivity contribution in [1.82, 2.24) is 5.32 Å². The number of nitrogens with one attached hydrogen (secondary N) is 1. The van der Waals surface area contributed by atoms with E-state index < -0.39 is 23.0 Å². The van der Waals surface area contributed by atoms with Gasteiger partial charge in [-0.05, 0) is 20.3 Å². The summed E-state index contributed by atoms with van der Waals surface area (Å²) in [6.07, 6.45) is 3.34. The average Bonchev–Trinajstić information content (AvgIpc) is 2.03. The second-order valence-corrected chi connectivity index (χ2v) is 3.88. The third-order valence-electron chi connectivity index (χ3n) is 2.43. The molecule has 14 heavy (non-hydrogen) atoms. The molecule has 0 radical (unpaired) electrons. The lowest BCUT2D eigenvalue weighted by Gasteiger charge is -2.37. The third kappa shape index (κ3) is 1.63. The molecule has 1 aliphatic rings. The zero-order valence-electron chi connectivity index (χ0n) is 8.07. The molecule has 5 heteroatoms. The molecule has 0 fully saturated rings. The largest absolute Gasteiger partial charge is 0.480 e. The van der Waals surface area contributed by atoms with E-state index in [0.717, 1.165) is 0 Å². The highest BCUT2D eigenvalue weighted by molar-refractivity contribution is 5.85. The topological polar surface area (TPSA) is 86.6 Å². The number of carboxylic acids is 2. The van der Waals surface area contributed by atoms with Gasteiger partial charge in [-0.15, -0.1) is 0 Å². The normalized spacial score (nSPS) is 36.7. The van der Waals surface area contributed by atoms with Gasteiger partial charge in [0.25, 0.3) is 0 Å². The van der Waals surface area contributed by atoms with Crippen LogP contribution in [0.2, 0.25) is 0 Å². The van der Waals surface area contributed by atoms with Gasteiger partial charge in [-0.1, -0.05) is 12.2 Å². The number of aliphatic carboxylic acids is 2. The van der Waals surface area contributed by atoms with Crippen molar-refractivity contribution in [3.05, 3.63) is 12.2 Å². The van der Waals surface area contributed by atoms with Crippen molar-refractivity contribution in [3.8, 4) is 0 Å². The van der Waals surface area contributed by atoms with E-state index in [2.05, 4.69) is 5.32 Å². The van der Waals surface area contributed by atoms with Crippen LogP contribution in [0, 0.1) is 0 Å². The second kappa shape index (κ2) is 3.09. The van der Waals surface area contributed by atoms with Crippen LogP contribution in [0.3, 0.4) is 0 Å². The third-order valence-corrected chi connectivity index (χ3v) is 2.43. The van der Waals surface area contributed by atoms with Crippen molar-refractivity contribution in [2.24, 2.45) is 0 Å². The minimum Gasteiger partial charge on any atom is -0.480 e. The van der Waals surface area contributed by atoms with Crippen LogP contribution < -0.4 is 5.32 Å². The van der Waals surface area contributed by atoms with E-state index >= 15 is 0 Å². The molecule has 1 aliphatic heterocycles. The fraction of sp³-hybridized carbons (Fsp3) is 0.556. The molecule has 0 saturated carbocycles. The number of rotatable bonds is 2. The van der Waals surface area contributed by atoms with E-state index in [-0.39, 0.29) is 6.42 Å². The Morgan fingerprint density at radius 3 is 2.29 bits per heavy atom. The van der Waals surface area contributed by atoms with Crippen LogP contribution in [0.25, 0.3) is 0 Å². The molecule has 1 rings (SSSR count). The van der Waals surface area contributed by atoms with Gasteiger partial charge in [-0.25, -0.2) is 4.79 Å². The maximum absolute atomic E-state index is 10.9.